The van der Waals surface area contributed by atoms with Gasteiger partial charge in [0.2, 0.25) is 0 Å². The highest BCUT2D eigenvalue weighted by molar-refractivity contribution is 5.95. The number of benzene rings is 2. The Bertz CT molecular complexity index is 1190. The van der Waals surface area contributed by atoms with E-state index in [-0.39, 0.29) is 49.5 Å². The van der Waals surface area contributed by atoms with E-state index < -0.39 is 29.4 Å². The molecule has 0 atom stereocenters. The maximum atomic E-state index is 14.9. The first-order valence-corrected chi connectivity index (χ1v) is 12.5. The van der Waals surface area contributed by atoms with Crippen molar-refractivity contribution in [1.29, 1.82) is 0 Å². The molecular weight excluding hydrogens is 501 g/mol. The lowest BCUT2D eigenvalue weighted by atomic mass is 10.1. The van der Waals surface area contributed by atoms with E-state index in [1.54, 1.807) is 17.0 Å². The van der Waals surface area contributed by atoms with Crippen molar-refractivity contribution in [3.63, 3.8) is 0 Å². The molecule has 5 amide bonds. The number of carbonyl (C=O) groups is 3. The minimum Gasteiger partial charge on any atom is -0.366 e. The van der Waals surface area contributed by atoms with Gasteiger partial charge in [-0.15, -0.1) is 0 Å². The average molecular weight is 533 g/mol. The zero-order valence-electron chi connectivity index (χ0n) is 21.3. The van der Waals surface area contributed by atoms with Crippen LogP contribution in [0.25, 0.3) is 0 Å². The van der Waals surface area contributed by atoms with Gasteiger partial charge in [0.15, 0.2) is 0 Å². The number of anilines is 2. The highest BCUT2D eigenvalue weighted by Crippen LogP contribution is 2.24. The molecule has 0 unspecified atom stereocenters. The summed E-state index contributed by atoms with van der Waals surface area (Å²) in [5.41, 5.74) is 0.328. The molecule has 2 fully saturated rings. The Morgan fingerprint density at radius 3 is 1.97 bits per heavy atom. The maximum Gasteiger partial charge on any atom is 0.321 e. The third-order valence-corrected chi connectivity index (χ3v) is 6.53. The van der Waals surface area contributed by atoms with Crippen LogP contribution >= 0.6 is 0 Å². The van der Waals surface area contributed by atoms with Crippen LogP contribution in [0.15, 0.2) is 36.4 Å². The molecular formula is C26H31F3N6O3. The number of rotatable bonds is 4. The molecule has 2 aliphatic heterocycles. The summed E-state index contributed by atoms with van der Waals surface area (Å²) < 4.78 is 42.3. The topological polar surface area (TPSA) is 88.2 Å². The van der Waals surface area contributed by atoms with Gasteiger partial charge in [-0.1, -0.05) is 0 Å². The van der Waals surface area contributed by atoms with Crippen molar-refractivity contribution in [2.45, 2.75) is 19.9 Å². The van der Waals surface area contributed by atoms with Crippen molar-refractivity contribution >= 4 is 29.3 Å². The van der Waals surface area contributed by atoms with Crippen molar-refractivity contribution in [3.05, 3.63) is 59.4 Å². The fourth-order valence-corrected chi connectivity index (χ4v) is 4.48. The summed E-state index contributed by atoms with van der Waals surface area (Å²) in [6, 6.07) is 6.62. The molecule has 0 saturated carbocycles. The Labute approximate surface area is 219 Å². The van der Waals surface area contributed by atoms with Gasteiger partial charge >= 0.3 is 12.1 Å². The smallest absolute Gasteiger partial charge is 0.321 e. The monoisotopic (exact) mass is 532 g/mol. The van der Waals surface area contributed by atoms with E-state index >= 15 is 0 Å². The molecule has 0 radical (unpaired) electrons. The summed E-state index contributed by atoms with van der Waals surface area (Å²) in [5, 5.41) is 5.52. The molecule has 4 rings (SSSR count). The Morgan fingerprint density at radius 1 is 0.737 bits per heavy atom. The third-order valence-electron chi connectivity index (χ3n) is 6.53. The molecule has 2 N–H and O–H groups in total. The number of hydrogen-bond acceptors (Lipinski definition) is 4. The van der Waals surface area contributed by atoms with E-state index in [9.17, 15) is 27.6 Å². The van der Waals surface area contributed by atoms with Gasteiger partial charge < -0.3 is 30.2 Å². The average Bonchev–Trinajstić information content (AvgIpc) is 2.89. The molecule has 204 valence electrons. The number of piperazine rings is 2. The zero-order chi connectivity index (χ0) is 27.4. The van der Waals surface area contributed by atoms with Crippen LogP contribution in [-0.2, 0) is 0 Å². The van der Waals surface area contributed by atoms with Gasteiger partial charge in [-0.2, -0.15) is 0 Å². The fourth-order valence-electron chi connectivity index (χ4n) is 4.48. The summed E-state index contributed by atoms with van der Waals surface area (Å²) in [6.45, 7) is 6.35. The van der Waals surface area contributed by atoms with Crippen LogP contribution < -0.4 is 15.5 Å². The fraction of sp³-hybridized carbons (Fsp3) is 0.423. The number of nitrogens with zero attached hydrogens (tertiary/aromatic N) is 4. The van der Waals surface area contributed by atoms with E-state index in [0.717, 1.165) is 18.2 Å². The second-order valence-electron chi connectivity index (χ2n) is 9.58. The largest absolute Gasteiger partial charge is 0.366 e. The van der Waals surface area contributed by atoms with Crippen molar-refractivity contribution in [2.75, 3.05) is 62.6 Å². The van der Waals surface area contributed by atoms with Crippen LogP contribution in [0, 0.1) is 17.5 Å². The Balaban J connectivity index is 1.28. The molecule has 2 saturated heterocycles. The van der Waals surface area contributed by atoms with Crippen LogP contribution in [0.2, 0.25) is 0 Å². The second kappa shape index (κ2) is 11.6. The number of hydrogen-bond donors (Lipinski definition) is 2. The SMILES string of the molecule is CC(C)NC(=O)N1CCN(c2ccc(NC(=O)N3CCN(C(=O)c4cc(F)ccc4F)CC3)cc2F)CC1. The van der Waals surface area contributed by atoms with E-state index in [0.29, 0.717) is 31.9 Å². The van der Waals surface area contributed by atoms with Gasteiger partial charge in [-0.3, -0.25) is 4.79 Å². The van der Waals surface area contributed by atoms with Crippen LogP contribution in [0.4, 0.5) is 34.1 Å². The van der Waals surface area contributed by atoms with Gasteiger partial charge in [-0.25, -0.2) is 22.8 Å². The molecule has 0 aromatic heterocycles. The summed E-state index contributed by atoms with van der Waals surface area (Å²) in [6.07, 6.45) is 0. The van der Waals surface area contributed by atoms with Crippen LogP contribution in [0.5, 0.6) is 0 Å². The first kappa shape index (κ1) is 27.1. The van der Waals surface area contributed by atoms with Crippen LogP contribution in [0.3, 0.4) is 0 Å². The van der Waals surface area contributed by atoms with E-state index in [1.165, 1.54) is 15.9 Å². The summed E-state index contributed by atoms with van der Waals surface area (Å²) in [7, 11) is 0. The molecule has 12 heteroatoms. The van der Waals surface area contributed by atoms with Gasteiger partial charge in [0.1, 0.15) is 17.5 Å². The van der Waals surface area contributed by atoms with Crippen molar-refractivity contribution in [2.24, 2.45) is 0 Å². The molecule has 0 aliphatic carbocycles. The molecule has 38 heavy (non-hydrogen) atoms. The van der Waals surface area contributed by atoms with Crippen LogP contribution in [0.1, 0.15) is 24.2 Å². The Hall–Kier alpha value is -3.96. The zero-order valence-corrected chi connectivity index (χ0v) is 21.3. The van der Waals surface area contributed by atoms with E-state index in [2.05, 4.69) is 10.6 Å². The Morgan fingerprint density at radius 2 is 1.34 bits per heavy atom. The van der Waals surface area contributed by atoms with Gasteiger partial charge in [-0.05, 0) is 50.2 Å². The minimum absolute atomic E-state index is 0.0388. The van der Waals surface area contributed by atoms with Gasteiger partial charge in [0.05, 0.1) is 11.3 Å². The molecule has 0 bridgehead atoms. The maximum absolute atomic E-state index is 14.9. The molecule has 2 aromatic carbocycles. The number of halogens is 3. The third kappa shape index (κ3) is 6.29. The molecule has 2 heterocycles. The predicted octanol–water partition coefficient (Wildman–Crippen LogP) is 3.33. The summed E-state index contributed by atoms with van der Waals surface area (Å²) in [4.78, 5) is 43.8. The molecule has 2 aliphatic rings. The summed E-state index contributed by atoms with van der Waals surface area (Å²) >= 11 is 0. The van der Waals surface area contributed by atoms with E-state index in [1.807, 2.05) is 18.7 Å². The lowest BCUT2D eigenvalue weighted by Crippen LogP contribution is -2.53. The number of carbonyl (C=O) groups excluding carboxylic acids is 3. The number of urea groups is 2. The summed E-state index contributed by atoms with van der Waals surface area (Å²) in [5.74, 6) is -2.64. The highest BCUT2D eigenvalue weighted by atomic mass is 19.1. The van der Waals surface area contributed by atoms with Gasteiger partial charge in [0.25, 0.3) is 5.91 Å². The van der Waals surface area contributed by atoms with Crippen LogP contribution in [-0.4, -0.2) is 91.1 Å². The Kier molecular flexibility index (Phi) is 8.28. The second-order valence-corrected chi connectivity index (χ2v) is 9.58. The van der Waals surface area contributed by atoms with Gasteiger partial charge in [0, 0.05) is 64.1 Å². The lowest BCUT2D eigenvalue weighted by molar-refractivity contribution is 0.0666. The molecule has 0 spiro atoms. The lowest BCUT2D eigenvalue weighted by Gasteiger charge is -2.36. The number of nitrogens with one attached hydrogen (secondary N) is 2. The molecule has 9 nitrogen and oxygen atoms in total. The highest BCUT2D eigenvalue weighted by Gasteiger charge is 2.27. The first-order chi connectivity index (χ1) is 18.1. The van der Waals surface area contributed by atoms with Crippen molar-refractivity contribution in [3.8, 4) is 0 Å². The van der Waals surface area contributed by atoms with Crippen molar-refractivity contribution in [1.82, 2.24) is 20.0 Å². The predicted molar refractivity (Wildman–Crippen MR) is 137 cm³/mol. The standard InChI is InChI=1S/C26H31F3N6O3/c1-17(2)30-25(37)34-11-7-32(8-12-34)23-6-4-19(16-22(23)29)31-26(38)35-13-9-33(10-14-35)24(36)20-15-18(27)3-5-21(20)28/h3-6,15-17H,7-14H2,1-2H3,(H,30,37)(H,31,38). The number of amides is 5. The quantitative estimate of drug-likeness (QED) is 0.633. The minimum atomic E-state index is -0.805. The normalized spacial score (nSPS) is 16.1. The van der Waals surface area contributed by atoms with E-state index in [4.69, 9.17) is 0 Å². The first-order valence-electron chi connectivity index (χ1n) is 12.5. The van der Waals surface area contributed by atoms with Crippen molar-refractivity contribution < 1.29 is 27.6 Å². The molecule has 2 aromatic rings.